The molecule has 0 radical (unpaired) electrons. The zero-order valence-electron chi connectivity index (χ0n) is 22.3. The summed E-state index contributed by atoms with van der Waals surface area (Å²) < 4.78 is 23.5. The zero-order valence-corrected chi connectivity index (χ0v) is 22.3. The predicted molar refractivity (Wildman–Crippen MR) is 140 cm³/mol. The Balaban J connectivity index is 1.36. The third-order valence-corrected chi connectivity index (χ3v) is 8.89. The standard InChI is InChI=1S/C30H31NO9/c1-31-15-14-29-24-18-8-9-19(37-2)26(24)40-27(29)20(12-13-30(29,36)21(31)16-18)38-28(35)25(17-6-4-3-5-7-17)39-23(34)11-10-22(32)33/h3-9,12,21,25,27,36H,10-11,13-16H2,1-2H3,(H,32,33)/t21-,25+,27-,29-,30+/m0/s1. The maximum atomic E-state index is 13.6. The number of rotatable bonds is 8. The SMILES string of the molecule is COc1ccc2c3c1O[C@H]1C(OC(=O)[C@H](OC(=O)CCC(=O)O)c4ccccc4)=CC[C@@]4(O)[C@H](C2)N(C)CC[C@]314. The molecule has 10 heteroatoms. The van der Waals surface area contributed by atoms with E-state index < -0.39 is 47.6 Å². The molecule has 2 N–H and O–H groups in total. The lowest BCUT2D eigenvalue weighted by Gasteiger charge is -2.61. The quantitative estimate of drug-likeness (QED) is 0.474. The molecule has 0 unspecified atom stereocenters. The van der Waals surface area contributed by atoms with Crippen LogP contribution < -0.4 is 9.47 Å². The van der Waals surface area contributed by atoms with Crippen LogP contribution in [0.2, 0.25) is 0 Å². The Morgan fingerprint density at radius 1 is 1.15 bits per heavy atom. The Morgan fingerprint density at radius 2 is 1.93 bits per heavy atom. The maximum absolute atomic E-state index is 13.6. The summed E-state index contributed by atoms with van der Waals surface area (Å²) in [6, 6.07) is 12.1. The predicted octanol–water partition coefficient (Wildman–Crippen LogP) is 2.67. The number of hydrogen-bond donors (Lipinski definition) is 2. The molecule has 2 heterocycles. The van der Waals surface area contributed by atoms with E-state index in [4.69, 9.17) is 24.1 Å². The summed E-state index contributed by atoms with van der Waals surface area (Å²) in [5.41, 5.74) is 0.352. The molecular weight excluding hydrogens is 518 g/mol. The zero-order chi connectivity index (χ0) is 28.2. The summed E-state index contributed by atoms with van der Waals surface area (Å²) in [6.07, 6.45) is 0.166. The third kappa shape index (κ3) is 3.81. The minimum Gasteiger partial charge on any atom is -0.493 e. The number of ether oxygens (including phenoxy) is 4. The number of piperidine rings is 1. The van der Waals surface area contributed by atoms with Gasteiger partial charge < -0.3 is 34.1 Å². The first-order valence-electron chi connectivity index (χ1n) is 13.4. The topological polar surface area (TPSA) is 132 Å². The van der Waals surface area contributed by atoms with E-state index in [0.717, 1.165) is 17.7 Å². The molecule has 2 aromatic carbocycles. The van der Waals surface area contributed by atoms with Crippen molar-refractivity contribution in [2.24, 2.45) is 0 Å². The molecule has 4 aliphatic rings. The molecule has 10 nitrogen and oxygen atoms in total. The van der Waals surface area contributed by atoms with Crippen LogP contribution in [0.1, 0.15) is 48.5 Å². The maximum Gasteiger partial charge on any atom is 0.357 e. The second-order valence-electron chi connectivity index (χ2n) is 10.9. The highest BCUT2D eigenvalue weighted by molar-refractivity contribution is 5.83. The van der Waals surface area contributed by atoms with Crippen molar-refractivity contribution in [2.45, 2.75) is 61.4 Å². The second kappa shape index (κ2) is 9.64. The van der Waals surface area contributed by atoms with Crippen LogP contribution in [0.25, 0.3) is 0 Å². The molecule has 1 saturated heterocycles. The lowest BCUT2D eigenvalue weighted by molar-refractivity contribution is -0.176. The van der Waals surface area contributed by atoms with E-state index in [1.807, 2.05) is 19.2 Å². The fraction of sp³-hybridized carbons (Fsp3) is 0.433. The van der Waals surface area contributed by atoms with Crippen LogP contribution in [0.4, 0.5) is 0 Å². The Kier molecular flexibility index (Phi) is 6.35. The van der Waals surface area contributed by atoms with E-state index in [0.29, 0.717) is 29.9 Å². The first kappa shape index (κ1) is 26.3. The van der Waals surface area contributed by atoms with E-state index in [9.17, 15) is 19.5 Å². The van der Waals surface area contributed by atoms with Gasteiger partial charge in [-0.2, -0.15) is 0 Å². The third-order valence-electron chi connectivity index (χ3n) is 8.89. The van der Waals surface area contributed by atoms with Gasteiger partial charge in [-0.3, -0.25) is 9.59 Å². The number of carboxylic acids is 1. The largest absolute Gasteiger partial charge is 0.493 e. The van der Waals surface area contributed by atoms with Crippen molar-refractivity contribution in [3.63, 3.8) is 0 Å². The van der Waals surface area contributed by atoms with Crippen molar-refractivity contribution in [3.8, 4) is 11.5 Å². The van der Waals surface area contributed by atoms with Crippen LogP contribution in [-0.4, -0.2) is 71.5 Å². The van der Waals surface area contributed by atoms with E-state index in [1.165, 1.54) is 0 Å². The second-order valence-corrected chi connectivity index (χ2v) is 10.9. The molecule has 0 amide bonds. The van der Waals surface area contributed by atoms with Crippen molar-refractivity contribution in [2.75, 3.05) is 20.7 Å². The number of carboxylic acid groups (broad SMARTS) is 1. The van der Waals surface area contributed by atoms with Gasteiger partial charge in [-0.15, -0.1) is 0 Å². The molecular formula is C30H31NO9. The molecule has 2 aromatic rings. The van der Waals surface area contributed by atoms with Crippen molar-refractivity contribution >= 4 is 17.9 Å². The Bertz CT molecular complexity index is 1410. The summed E-state index contributed by atoms with van der Waals surface area (Å²) in [4.78, 5) is 39.2. The highest BCUT2D eigenvalue weighted by Gasteiger charge is 2.72. The Morgan fingerprint density at radius 3 is 2.65 bits per heavy atom. The van der Waals surface area contributed by atoms with Crippen LogP contribution in [0.15, 0.2) is 54.3 Å². The first-order chi connectivity index (χ1) is 19.2. The number of carbonyl (C=O) groups excluding carboxylic acids is 2. The summed E-state index contributed by atoms with van der Waals surface area (Å²) in [5, 5.41) is 21.3. The molecule has 2 aliphatic heterocycles. The lowest BCUT2D eigenvalue weighted by Crippen LogP contribution is -2.74. The van der Waals surface area contributed by atoms with Gasteiger partial charge >= 0.3 is 17.9 Å². The van der Waals surface area contributed by atoms with E-state index in [-0.39, 0.29) is 24.6 Å². The number of likely N-dealkylation sites (N-methyl/N-ethyl adjacent to an activating group) is 1. The molecule has 6 rings (SSSR count). The van der Waals surface area contributed by atoms with Gasteiger partial charge in [-0.1, -0.05) is 36.4 Å². The van der Waals surface area contributed by atoms with E-state index in [2.05, 4.69) is 4.90 Å². The number of hydrogen-bond acceptors (Lipinski definition) is 9. The number of aliphatic carboxylic acids is 1. The van der Waals surface area contributed by atoms with Crippen LogP contribution >= 0.6 is 0 Å². The van der Waals surface area contributed by atoms with Crippen LogP contribution in [0, 0.1) is 0 Å². The first-order valence-corrected chi connectivity index (χ1v) is 13.4. The number of benzene rings is 2. The van der Waals surface area contributed by atoms with Crippen molar-refractivity contribution in [3.05, 3.63) is 71.0 Å². The number of likely N-dealkylation sites (tertiary alicyclic amines) is 1. The van der Waals surface area contributed by atoms with Gasteiger partial charge in [0.2, 0.25) is 6.10 Å². The molecule has 0 aromatic heterocycles. The van der Waals surface area contributed by atoms with Gasteiger partial charge in [0.1, 0.15) is 5.76 Å². The molecule has 1 fully saturated rings. The fourth-order valence-corrected chi connectivity index (χ4v) is 7.04. The average molecular weight is 550 g/mol. The normalized spacial score (nSPS) is 28.4. The molecule has 0 saturated carbocycles. The van der Waals surface area contributed by atoms with Gasteiger partial charge in [0.25, 0.3) is 0 Å². The smallest absolute Gasteiger partial charge is 0.357 e. The molecule has 2 aliphatic carbocycles. The number of aliphatic hydroxyl groups is 1. The van der Waals surface area contributed by atoms with Gasteiger partial charge in [0.15, 0.2) is 17.6 Å². The lowest BCUT2D eigenvalue weighted by atomic mass is 9.50. The number of carbonyl (C=O) groups is 3. The summed E-state index contributed by atoms with van der Waals surface area (Å²) in [6.45, 7) is 0.720. The molecule has 2 bridgehead atoms. The molecule has 40 heavy (non-hydrogen) atoms. The number of methoxy groups -OCH3 is 1. The molecule has 1 spiro atoms. The number of nitrogens with zero attached hydrogens (tertiary/aromatic N) is 1. The summed E-state index contributed by atoms with van der Waals surface area (Å²) in [7, 11) is 3.58. The van der Waals surface area contributed by atoms with Gasteiger partial charge in [0, 0.05) is 23.6 Å². The van der Waals surface area contributed by atoms with Crippen LogP contribution in [0.5, 0.6) is 11.5 Å². The summed E-state index contributed by atoms with van der Waals surface area (Å²) in [5.74, 6) is -1.48. The van der Waals surface area contributed by atoms with Gasteiger partial charge in [-0.25, -0.2) is 4.79 Å². The monoisotopic (exact) mass is 549 g/mol. The van der Waals surface area contributed by atoms with E-state index >= 15 is 0 Å². The minimum absolute atomic E-state index is 0.153. The summed E-state index contributed by atoms with van der Waals surface area (Å²) >= 11 is 0. The van der Waals surface area contributed by atoms with Crippen LogP contribution in [0.3, 0.4) is 0 Å². The van der Waals surface area contributed by atoms with Gasteiger partial charge in [0.05, 0.1) is 31.0 Å². The van der Waals surface area contributed by atoms with Crippen molar-refractivity contribution in [1.29, 1.82) is 0 Å². The van der Waals surface area contributed by atoms with Crippen molar-refractivity contribution < 1.29 is 43.5 Å². The van der Waals surface area contributed by atoms with Crippen molar-refractivity contribution in [1.82, 2.24) is 4.90 Å². The van der Waals surface area contributed by atoms with Gasteiger partial charge in [-0.05, 0) is 44.1 Å². The fourth-order valence-electron chi connectivity index (χ4n) is 7.04. The van der Waals surface area contributed by atoms with E-state index in [1.54, 1.807) is 43.5 Å². The van der Waals surface area contributed by atoms with Crippen LogP contribution in [-0.2, 0) is 35.7 Å². The average Bonchev–Trinajstić information content (AvgIpc) is 3.30. The Labute approximate surface area is 231 Å². The molecule has 210 valence electrons. The highest BCUT2D eigenvalue weighted by Crippen LogP contribution is 2.65. The molecule has 5 atom stereocenters. The highest BCUT2D eigenvalue weighted by atomic mass is 16.6. The minimum atomic E-state index is -1.41. The number of esters is 2. The Hall–Kier alpha value is -3.89.